The molecule has 7 heteroatoms. The second kappa shape index (κ2) is 8.35. The molecule has 0 aliphatic carbocycles. The zero-order valence-corrected chi connectivity index (χ0v) is 15.4. The SMILES string of the molecule is COc1ccc(N2CCN([C@H](C)C(=O)Nc3ccc(F)c(F)c3)CC2)cc1. The molecule has 5 nitrogen and oxygen atoms in total. The molecule has 0 radical (unpaired) electrons. The number of nitrogens with one attached hydrogen (secondary N) is 1. The minimum absolute atomic E-state index is 0.237. The number of ether oxygens (including phenoxy) is 1. The Hall–Kier alpha value is -2.67. The summed E-state index contributed by atoms with van der Waals surface area (Å²) in [5.41, 5.74) is 1.37. The van der Waals surface area contributed by atoms with Crippen LogP contribution in [-0.4, -0.2) is 50.1 Å². The number of nitrogens with zero attached hydrogens (tertiary/aromatic N) is 2. The van der Waals surface area contributed by atoms with E-state index in [4.69, 9.17) is 4.74 Å². The maximum absolute atomic E-state index is 13.3. The monoisotopic (exact) mass is 375 g/mol. The summed E-state index contributed by atoms with van der Waals surface area (Å²) in [6, 6.07) is 10.9. The van der Waals surface area contributed by atoms with E-state index in [1.807, 2.05) is 31.2 Å². The first-order chi connectivity index (χ1) is 13.0. The van der Waals surface area contributed by atoms with Gasteiger partial charge >= 0.3 is 0 Å². The Morgan fingerprint density at radius 1 is 1.04 bits per heavy atom. The molecular formula is C20H23F2N3O2. The predicted octanol–water partition coefficient (Wildman–Crippen LogP) is 3.12. The van der Waals surface area contributed by atoms with E-state index in [9.17, 15) is 13.6 Å². The molecule has 2 aromatic carbocycles. The summed E-state index contributed by atoms with van der Waals surface area (Å²) in [6.45, 7) is 4.89. The standard InChI is InChI=1S/C20H23F2N3O2/c1-14(20(26)23-15-3-8-18(21)19(22)13-15)24-9-11-25(12-10-24)16-4-6-17(27-2)7-5-16/h3-8,13-14H,9-12H2,1-2H3,(H,23,26)/t14-/m1/s1. The molecule has 3 rings (SSSR count). The molecule has 2 aromatic rings. The topological polar surface area (TPSA) is 44.8 Å². The zero-order chi connectivity index (χ0) is 19.4. The molecule has 144 valence electrons. The van der Waals surface area contributed by atoms with Crippen molar-refractivity contribution < 1.29 is 18.3 Å². The number of rotatable bonds is 5. The van der Waals surface area contributed by atoms with Crippen LogP contribution in [0.4, 0.5) is 20.2 Å². The molecular weight excluding hydrogens is 352 g/mol. The highest BCUT2D eigenvalue weighted by Crippen LogP contribution is 2.21. The van der Waals surface area contributed by atoms with Crippen LogP contribution in [0.15, 0.2) is 42.5 Å². The highest BCUT2D eigenvalue weighted by molar-refractivity contribution is 5.94. The largest absolute Gasteiger partial charge is 0.497 e. The van der Waals surface area contributed by atoms with Crippen molar-refractivity contribution in [1.29, 1.82) is 0 Å². The fourth-order valence-corrected chi connectivity index (χ4v) is 3.15. The Labute approximate surface area is 157 Å². The highest BCUT2D eigenvalue weighted by Gasteiger charge is 2.26. The van der Waals surface area contributed by atoms with Gasteiger partial charge in [-0.3, -0.25) is 9.69 Å². The number of hydrogen-bond acceptors (Lipinski definition) is 4. The van der Waals surface area contributed by atoms with E-state index in [0.29, 0.717) is 0 Å². The van der Waals surface area contributed by atoms with Crippen molar-refractivity contribution >= 4 is 17.3 Å². The molecule has 0 spiro atoms. The predicted molar refractivity (Wildman–Crippen MR) is 101 cm³/mol. The zero-order valence-electron chi connectivity index (χ0n) is 15.4. The van der Waals surface area contributed by atoms with E-state index in [0.717, 1.165) is 49.7 Å². The van der Waals surface area contributed by atoms with Crippen LogP contribution in [0.2, 0.25) is 0 Å². The Morgan fingerprint density at radius 3 is 2.30 bits per heavy atom. The van der Waals surface area contributed by atoms with Crippen LogP contribution < -0.4 is 15.0 Å². The van der Waals surface area contributed by atoms with Crippen molar-refractivity contribution in [3.05, 3.63) is 54.1 Å². The third-order valence-corrected chi connectivity index (χ3v) is 4.87. The normalized spacial score (nSPS) is 16.1. The Balaban J connectivity index is 1.54. The van der Waals surface area contributed by atoms with Crippen LogP contribution in [-0.2, 0) is 4.79 Å². The van der Waals surface area contributed by atoms with Crippen molar-refractivity contribution in [1.82, 2.24) is 4.90 Å². The third-order valence-electron chi connectivity index (χ3n) is 4.87. The first kappa shape index (κ1) is 19.1. The quantitative estimate of drug-likeness (QED) is 0.872. The summed E-state index contributed by atoms with van der Waals surface area (Å²) in [5.74, 6) is -1.33. The van der Waals surface area contributed by atoms with Crippen molar-refractivity contribution in [2.75, 3.05) is 43.5 Å². The van der Waals surface area contributed by atoms with Crippen molar-refractivity contribution in [3.63, 3.8) is 0 Å². The summed E-state index contributed by atoms with van der Waals surface area (Å²) in [7, 11) is 1.64. The number of piperazine rings is 1. The number of benzene rings is 2. The molecule has 1 atom stereocenters. The lowest BCUT2D eigenvalue weighted by atomic mass is 10.2. The Morgan fingerprint density at radius 2 is 1.70 bits per heavy atom. The van der Waals surface area contributed by atoms with Gasteiger partial charge in [-0.2, -0.15) is 0 Å². The van der Waals surface area contributed by atoms with Crippen molar-refractivity contribution in [3.8, 4) is 5.75 Å². The lowest BCUT2D eigenvalue weighted by Gasteiger charge is -2.38. The molecule has 1 aliphatic heterocycles. The summed E-state index contributed by atoms with van der Waals surface area (Å²) in [5, 5.41) is 2.65. The fourth-order valence-electron chi connectivity index (χ4n) is 3.15. The first-order valence-electron chi connectivity index (χ1n) is 8.87. The average molecular weight is 375 g/mol. The number of amides is 1. The van der Waals surface area contributed by atoms with Crippen LogP contribution in [0.1, 0.15) is 6.92 Å². The van der Waals surface area contributed by atoms with Gasteiger partial charge in [0.1, 0.15) is 5.75 Å². The molecule has 0 bridgehead atoms. The lowest BCUT2D eigenvalue weighted by Crippen LogP contribution is -2.52. The van der Waals surface area contributed by atoms with Crippen molar-refractivity contribution in [2.24, 2.45) is 0 Å². The smallest absolute Gasteiger partial charge is 0.241 e. The van der Waals surface area contributed by atoms with Crippen LogP contribution in [0.25, 0.3) is 0 Å². The van der Waals surface area contributed by atoms with Gasteiger partial charge < -0.3 is 15.0 Å². The highest BCUT2D eigenvalue weighted by atomic mass is 19.2. The molecule has 0 saturated carbocycles. The third kappa shape index (κ3) is 4.54. The van der Waals surface area contributed by atoms with Crippen LogP contribution in [0.5, 0.6) is 5.75 Å². The van der Waals surface area contributed by atoms with Crippen LogP contribution >= 0.6 is 0 Å². The van der Waals surface area contributed by atoms with Gasteiger partial charge in [-0.1, -0.05) is 0 Å². The molecule has 1 saturated heterocycles. The maximum atomic E-state index is 13.3. The molecule has 1 aliphatic rings. The van der Waals surface area contributed by atoms with E-state index >= 15 is 0 Å². The van der Waals surface area contributed by atoms with Crippen molar-refractivity contribution in [2.45, 2.75) is 13.0 Å². The summed E-state index contributed by atoms with van der Waals surface area (Å²) in [6.07, 6.45) is 0. The van der Waals surface area contributed by atoms with E-state index in [2.05, 4.69) is 15.1 Å². The van der Waals surface area contributed by atoms with Crippen LogP contribution in [0.3, 0.4) is 0 Å². The molecule has 1 fully saturated rings. The first-order valence-corrected chi connectivity index (χ1v) is 8.87. The second-order valence-electron chi connectivity index (χ2n) is 6.52. The second-order valence-corrected chi connectivity index (χ2v) is 6.52. The molecule has 27 heavy (non-hydrogen) atoms. The molecule has 1 N–H and O–H groups in total. The van der Waals surface area contributed by atoms with Gasteiger partial charge in [0.15, 0.2) is 11.6 Å². The molecule has 1 amide bonds. The number of halogens is 2. The van der Waals surface area contributed by atoms with Gasteiger partial charge in [0.25, 0.3) is 0 Å². The number of methoxy groups -OCH3 is 1. The summed E-state index contributed by atoms with van der Waals surface area (Å²) < 4.78 is 31.5. The Kier molecular flexibility index (Phi) is 5.91. The number of carbonyl (C=O) groups is 1. The Bertz CT molecular complexity index is 790. The van der Waals surface area contributed by atoms with Gasteiger partial charge in [-0.15, -0.1) is 0 Å². The van der Waals surface area contributed by atoms with Gasteiger partial charge in [0.05, 0.1) is 13.2 Å². The minimum atomic E-state index is -0.978. The van der Waals surface area contributed by atoms with Gasteiger partial charge in [-0.05, 0) is 43.3 Å². The average Bonchev–Trinajstić information content (AvgIpc) is 2.70. The van der Waals surface area contributed by atoms with E-state index < -0.39 is 11.6 Å². The molecule has 0 aromatic heterocycles. The minimum Gasteiger partial charge on any atom is -0.497 e. The van der Waals surface area contributed by atoms with Crippen LogP contribution in [0, 0.1) is 11.6 Å². The van der Waals surface area contributed by atoms with Gasteiger partial charge in [-0.25, -0.2) is 8.78 Å². The molecule has 1 heterocycles. The lowest BCUT2D eigenvalue weighted by molar-refractivity contribution is -0.120. The van der Waals surface area contributed by atoms with Gasteiger partial charge in [0, 0.05) is 43.6 Å². The van der Waals surface area contributed by atoms with Gasteiger partial charge in [0.2, 0.25) is 5.91 Å². The number of carbonyl (C=O) groups excluding carboxylic acids is 1. The summed E-state index contributed by atoms with van der Waals surface area (Å²) >= 11 is 0. The van der Waals surface area contributed by atoms with E-state index in [-0.39, 0.29) is 17.6 Å². The fraction of sp³-hybridized carbons (Fsp3) is 0.350. The number of hydrogen-bond donors (Lipinski definition) is 1. The maximum Gasteiger partial charge on any atom is 0.241 e. The number of anilines is 2. The van der Waals surface area contributed by atoms with E-state index in [1.54, 1.807) is 7.11 Å². The summed E-state index contributed by atoms with van der Waals surface area (Å²) in [4.78, 5) is 16.8. The molecule has 0 unspecified atom stereocenters. The van der Waals surface area contributed by atoms with E-state index in [1.165, 1.54) is 6.07 Å².